The Hall–Kier alpha value is -3.95. The van der Waals surface area contributed by atoms with Gasteiger partial charge in [-0.05, 0) is 29.8 Å². The fraction of sp³-hybridized carbons (Fsp3) is 0.136. The maximum Gasteiger partial charge on any atom is 0.419 e. The highest BCUT2D eigenvalue weighted by atomic mass is 19.4. The average molecular weight is 446 g/mol. The molecule has 0 radical (unpaired) electrons. The molecule has 0 unspecified atom stereocenters. The number of nitrogens with zero attached hydrogens (tertiary/aromatic N) is 1. The van der Waals surface area contributed by atoms with E-state index >= 15 is 0 Å². The summed E-state index contributed by atoms with van der Waals surface area (Å²) in [6.07, 6.45) is -4.25. The quantitative estimate of drug-likeness (QED) is 0.486. The molecule has 2 amide bonds. The number of halogens is 4. The van der Waals surface area contributed by atoms with E-state index in [-0.39, 0.29) is 29.2 Å². The highest BCUT2D eigenvalue weighted by molar-refractivity contribution is 6.00. The predicted octanol–water partition coefficient (Wildman–Crippen LogP) is 4.52. The molecule has 166 valence electrons. The minimum Gasteiger partial charge on any atom is -0.355 e. The van der Waals surface area contributed by atoms with Gasteiger partial charge in [0.25, 0.3) is 5.91 Å². The Bertz CT molecular complexity index is 1130. The molecule has 2 aromatic carbocycles. The molecule has 0 bridgehead atoms. The molecule has 0 aliphatic carbocycles. The zero-order chi connectivity index (χ0) is 23.3. The van der Waals surface area contributed by atoms with Gasteiger partial charge in [-0.3, -0.25) is 9.59 Å². The molecule has 6 nitrogen and oxygen atoms in total. The molecule has 0 fully saturated rings. The second-order valence-corrected chi connectivity index (χ2v) is 6.71. The minimum absolute atomic E-state index is 0.120. The highest BCUT2D eigenvalue weighted by Crippen LogP contribution is 2.37. The summed E-state index contributed by atoms with van der Waals surface area (Å²) >= 11 is 0. The lowest BCUT2D eigenvalue weighted by Gasteiger charge is -2.17. The van der Waals surface area contributed by atoms with Crippen molar-refractivity contribution < 1.29 is 27.2 Å². The summed E-state index contributed by atoms with van der Waals surface area (Å²) in [4.78, 5) is 28.0. The third-order valence-electron chi connectivity index (χ3n) is 4.42. The molecule has 1 aromatic heterocycles. The number of benzene rings is 2. The third kappa shape index (κ3) is 5.60. The van der Waals surface area contributed by atoms with Crippen molar-refractivity contribution in [3.63, 3.8) is 0 Å². The van der Waals surface area contributed by atoms with Gasteiger partial charge in [-0.2, -0.15) is 13.2 Å². The van der Waals surface area contributed by atoms with Crippen LogP contribution in [0.15, 0.2) is 60.8 Å². The zero-order valence-electron chi connectivity index (χ0n) is 16.8. The van der Waals surface area contributed by atoms with Gasteiger partial charge in [0.05, 0.1) is 28.9 Å². The van der Waals surface area contributed by atoms with Crippen molar-refractivity contribution in [3.05, 3.63) is 83.3 Å². The molecule has 0 atom stereocenters. The van der Waals surface area contributed by atoms with Gasteiger partial charge in [-0.25, -0.2) is 9.37 Å². The number of para-hydroxylation sites is 1. The number of alkyl halides is 3. The van der Waals surface area contributed by atoms with Crippen LogP contribution >= 0.6 is 0 Å². The van der Waals surface area contributed by atoms with E-state index in [1.165, 1.54) is 43.4 Å². The highest BCUT2D eigenvalue weighted by Gasteiger charge is 2.34. The Kier molecular flexibility index (Phi) is 6.72. The second-order valence-electron chi connectivity index (χ2n) is 6.71. The molecule has 1 heterocycles. The topological polar surface area (TPSA) is 83.1 Å². The largest absolute Gasteiger partial charge is 0.419 e. The lowest BCUT2D eigenvalue weighted by Crippen LogP contribution is -2.20. The van der Waals surface area contributed by atoms with Crippen molar-refractivity contribution in [1.82, 2.24) is 10.3 Å². The Morgan fingerprint density at radius 1 is 1.00 bits per heavy atom. The van der Waals surface area contributed by atoms with Gasteiger partial charge in [0, 0.05) is 19.3 Å². The summed E-state index contributed by atoms with van der Waals surface area (Å²) < 4.78 is 53.5. The summed E-state index contributed by atoms with van der Waals surface area (Å²) in [5, 5.41) is 7.47. The van der Waals surface area contributed by atoms with Crippen molar-refractivity contribution in [1.29, 1.82) is 0 Å². The summed E-state index contributed by atoms with van der Waals surface area (Å²) in [5.74, 6) is -1.60. The molecule has 10 heteroatoms. The van der Waals surface area contributed by atoms with Crippen molar-refractivity contribution in [2.45, 2.75) is 12.6 Å². The standard InChI is InChI=1S/C22H18F4N4O2/c1-27-21(32)15-4-2-3-5-17(15)29-18-11-19(28-12-16(18)22(24,25)26)30-20(31)10-13-6-8-14(23)9-7-13/h2-9,11-12H,10H2,1H3,(H,27,32)(H2,28,29,30,31). The van der Waals surface area contributed by atoms with Crippen LogP contribution in [0, 0.1) is 5.82 Å². The summed E-state index contributed by atoms with van der Waals surface area (Å²) in [6, 6.07) is 12.3. The van der Waals surface area contributed by atoms with E-state index in [1.54, 1.807) is 12.1 Å². The van der Waals surface area contributed by atoms with Gasteiger partial charge in [-0.15, -0.1) is 0 Å². The number of anilines is 3. The maximum atomic E-state index is 13.5. The van der Waals surface area contributed by atoms with Crippen LogP contribution in [0.1, 0.15) is 21.5 Å². The molecule has 32 heavy (non-hydrogen) atoms. The lowest BCUT2D eigenvalue weighted by molar-refractivity contribution is -0.137. The van der Waals surface area contributed by atoms with E-state index < -0.39 is 29.4 Å². The van der Waals surface area contributed by atoms with Gasteiger partial charge in [0.15, 0.2) is 0 Å². The van der Waals surface area contributed by atoms with E-state index in [4.69, 9.17) is 0 Å². The first kappa shape index (κ1) is 22.7. The van der Waals surface area contributed by atoms with Crippen LogP contribution in [0.3, 0.4) is 0 Å². The Balaban J connectivity index is 1.88. The molecule has 0 spiro atoms. The SMILES string of the molecule is CNC(=O)c1ccccc1Nc1cc(NC(=O)Cc2ccc(F)cc2)ncc1C(F)(F)F. The monoisotopic (exact) mass is 446 g/mol. The first-order valence-corrected chi connectivity index (χ1v) is 9.37. The van der Waals surface area contributed by atoms with Crippen molar-refractivity contribution in [2.24, 2.45) is 0 Å². The van der Waals surface area contributed by atoms with E-state index in [9.17, 15) is 27.2 Å². The van der Waals surface area contributed by atoms with Crippen LogP contribution in [0.4, 0.5) is 34.8 Å². The Labute approximate surface area is 180 Å². The van der Waals surface area contributed by atoms with E-state index in [1.807, 2.05) is 0 Å². The van der Waals surface area contributed by atoms with Gasteiger partial charge in [0.2, 0.25) is 5.91 Å². The zero-order valence-corrected chi connectivity index (χ0v) is 16.8. The van der Waals surface area contributed by atoms with Crippen LogP contribution in [0.2, 0.25) is 0 Å². The molecule has 3 rings (SSSR count). The van der Waals surface area contributed by atoms with Crippen molar-refractivity contribution >= 4 is 29.0 Å². The van der Waals surface area contributed by atoms with Crippen LogP contribution in [-0.4, -0.2) is 23.8 Å². The van der Waals surface area contributed by atoms with Crippen LogP contribution in [-0.2, 0) is 17.4 Å². The molecule has 0 saturated carbocycles. The van der Waals surface area contributed by atoms with Crippen LogP contribution in [0.25, 0.3) is 0 Å². The smallest absolute Gasteiger partial charge is 0.355 e. The lowest BCUT2D eigenvalue weighted by atomic mass is 10.1. The number of rotatable bonds is 6. The van der Waals surface area contributed by atoms with Crippen molar-refractivity contribution in [3.8, 4) is 0 Å². The number of carbonyl (C=O) groups is 2. The molecule has 0 aliphatic rings. The van der Waals surface area contributed by atoms with Crippen LogP contribution < -0.4 is 16.0 Å². The number of amides is 2. The summed E-state index contributed by atoms with van der Waals surface area (Å²) in [5.41, 5.74) is -0.649. The molecular weight excluding hydrogens is 428 g/mol. The first-order valence-electron chi connectivity index (χ1n) is 9.37. The molecular formula is C22H18F4N4O2. The Morgan fingerprint density at radius 3 is 2.34 bits per heavy atom. The molecule has 3 N–H and O–H groups in total. The second kappa shape index (κ2) is 9.46. The molecule has 0 saturated heterocycles. The van der Waals surface area contributed by atoms with E-state index in [2.05, 4.69) is 20.9 Å². The minimum atomic E-state index is -4.73. The number of hydrogen-bond acceptors (Lipinski definition) is 4. The van der Waals surface area contributed by atoms with E-state index in [0.717, 1.165) is 6.07 Å². The maximum absolute atomic E-state index is 13.5. The average Bonchev–Trinajstić information content (AvgIpc) is 2.74. The number of nitrogens with one attached hydrogen (secondary N) is 3. The molecule has 3 aromatic rings. The summed E-state index contributed by atoms with van der Waals surface area (Å²) in [6.45, 7) is 0. The van der Waals surface area contributed by atoms with E-state index in [0.29, 0.717) is 11.8 Å². The first-order chi connectivity index (χ1) is 15.2. The van der Waals surface area contributed by atoms with Crippen LogP contribution in [0.5, 0.6) is 0 Å². The van der Waals surface area contributed by atoms with Gasteiger partial charge < -0.3 is 16.0 Å². The van der Waals surface area contributed by atoms with Gasteiger partial charge in [-0.1, -0.05) is 24.3 Å². The fourth-order valence-corrected chi connectivity index (χ4v) is 2.90. The fourth-order valence-electron chi connectivity index (χ4n) is 2.90. The number of carbonyl (C=O) groups excluding carboxylic acids is 2. The molecule has 0 aliphatic heterocycles. The number of pyridine rings is 1. The number of hydrogen-bond donors (Lipinski definition) is 3. The van der Waals surface area contributed by atoms with Gasteiger partial charge in [0.1, 0.15) is 11.6 Å². The number of aromatic nitrogens is 1. The Morgan fingerprint density at radius 2 is 1.69 bits per heavy atom. The van der Waals surface area contributed by atoms with Crippen molar-refractivity contribution in [2.75, 3.05) is 17.7 Å². The normalized spacial score (nSPS) is 11.0. The third-order valence-corrected chi connectivity index (χ3v) is 4.42. The van der Waals surface area contributed by atoms with Gasteiger partial charge >= 0.3 is 6.18 Å². The summed E-state index contributed by atoms with van der Waals surface area (Å²) in [7, 11) is 1.40. The predicted molar refractivity (Wildman–Crippen MR) is 111 cm³/mol.